The van der Waals surface area contributed by atoms with Gasteiger partial charge in [-0.15, -0.1) is 0 Å². The number of likely N-dealkylation sites (N-methyl/N-ethyl adjacent to an activating group) is 1. The van der Waals surface area contributed by atoms with E-state index in [1.54, 1.807) is 54.4 Å². The van der Waals surface area contributed by atoms with Gasteiger partial charge in [-0.25, -0.2) is 13.9 Å². The molecule has 4 heterocycles. The van der Waals surface area contributed by atoms with Crippen molar-refractivity contribution in [2.24, 2.45) is 0 Å². The van der Waals surface area contributed by atoms with Gasteiger partial charge in [0, 0.05) is 73.8 Å². The molecule has 7 rings (SSSR count). The van der Waals surface area contributed by atoms with Gasteiger partial charge < -0.3 is 29.3 Å². The van der Waals surface area contributed by atoms with E-state index >= 15 is 4.39 Å². The zero-order valence-electron chi connectivity index (χ0n) is 27.3. The fraction of sp³-hybridized carbons (Fsp3) is 0.243. The van der Waals surface area contributed by atoms with E-state index < -0.39 is 11.7 Å². The molecule has 0 atom stereocenters. The molecule has 1 aliphatic heterocycles. The standard InChI is InChI=1S/C37H36FN7O4/c1-43-16-18-44(19-17-43)15-6-20-48-35-24-29-27(22-34(35)47-2)32(11-13-39-29)49-33-10-9-26(21-28(33)38)41-37(46)30-23-31(25-7-4-3-5-8-25)45-36(42-30)12-14-40-45/h3-5,7-14,21-24H,6,15-20H2,1-2H3,(H,41,46). The van der Waals surface area contributed by atoms with Crippen molar-refractivity contribution in [3.8, 4) is 34.3 Å². The van der Waals surface area contributed by atoms with E-state index in [1.807, 2.05) is 36.4 Å². The molecule has 0 saturated carbocycles. The van der Waals surface area contributed by atoms with Gasteiger partial charge in [-0.3, -0.25) is 9.78 Å². The minimum absolute atomic E-state index is 0.0149. The molecule has 1 N–H and O–H groups in total. The lowest BCUT2D eigenvalue weighted by Crippen LogP contribution is -2.44. The number of benzene rings is 3. The SMILES string of the molecule is COc1cc2c(Oc3ccc(NC(=O)c4cc(-c5ccccc5)n5nccc5n4)cc3F)ccnc2cc1OCCCN1CCN(C)CC1. The number of carbonyl (C=O) groups excluding carboxylic acids is 1. The highest BCUT2D eigenvalue weighted by atomic mass is 19.1. The highest BCUT2D eigenvalue weighted by molar-refractivity contribution is 6.03. The van der Waals surface area contributed by atoms with E-state index in [-0.39, 0.29) is 17.1 Å². The normalized spacial score (nSPS) is 13.9. The summed E-state index contributed by atoms with van der Waals surface area (Å²) >= 11 is 0. The minimum atomic E-state index is -0.654. The summed E-state index contributed by atoms with van der Waals surface area (Å²) in [7, 11) is 3.73. The number of ether oxygens (including phenoxy) is 3. The number of hydrogen-bond donors (Lipinski definition) is 1. The average molecular weight is 662 g/mol. The number of carbonyl (C=O) groups is 1. The van der Waals surface area contributed by atoms with Gasteiger partial charge in [0.1, 0.15) is 11.4 Å². The molecule has 11 nitrogen and oxygen atoms in total. The van der Waals surface area contributed by atoms with E-state index in [4.69, 9.17) is 14.2 Å². The molecule has 12 heteroatoms. The van der Waals surface area contributed by atoms with Crippen LogP contribution in [0, 0.1) is 5.82 Å². The predicted molar refractivity (Wildman–Crippen MR) is 185 cm³/mol. The second-order valence-corrected chi connectivity index (χ2v) is 11.9. The Morgan fingerprint density at radius 2 is 1.73 bits per heavy atom. The number of methoxy groups -OCH3 is 1. The fourth-order valence-electron chi connectivity index (χ4n) is 5.85. The Morgan fingerprint density at radius 1 is 0.898 bits per heavy atom. The number of halogens is 1. The first-order valence-corrected chi connectivity index (χ1v) is 16.1. The molecule has 1 saturated heterocycles. The van der Waals surface area contributed by atoms with Crippen molar-refractivity contribution < 1.29 is 23.4 Å². The van der Waals surface area contributed by atoms with Gasteiger partial charge in [0.2, 0.25) is 0 Å². The van der Waals surface area contributed by atoms with Gasteiger partial charge in [-0.05, 0) is 43.8 Å². The van der Waals surface area contributed by atoms with Crippen molar-refractivity contribution in [2.45, 2.75) is 6.42 Å². The van der Waals surface area contributed by atoms with Gasteiger partial charge >= 0.3 is 0 Å². The van der Waals surface area contributed by atoms with Crippen LogP contribution in [-0.2, 0) is 0 Å². The summed E-state index contributed by atoms with van der Waals surface area (Å²) < 4.78 is 34.8. The Balaban J connectivity index is 1.04. The number of anilines is 1. The molecule has 1 amide bonds. The largest absolute Gasteiger partial charge is 0.493 e. The number of rotatable bonds is 11. The summed E-state index contributed by atoms with van der Waals surface area (Å²) in [4.78, 5) is 27.0. The molecule has 49 heavy (non-hydrogen) atoms. The molecule has 1 aliphatic rings. The Bertz CT molecular complexity index is 2100. The number of fused-ring (bicyclic) bond motifs is 2. The molecule has 0 aliphatic carbocycles. The first kappa shape index (κ1) is 32.0. The monoisotopic (exact) mass is 661 g/mol. The molecule has 3 aromatic carbocycles. The number of amides is 1. The van der Waals surface area contributed by atoms with Crippen LogP contribution >= 0.6 is 0 Å². The summed E-state index contributed by atoms with van der Waals surface area (Å²) in [5, 5.41) is 7.72. The number of nitrogens with zero attached hydrogens (tertiary/aromatic N) is 6. The molecule has 3 aromatic heterocycles. The lowest BCUT2D eigenvalue weighted by atomic mass is 10.1. The lowest BCUT2D eigenvalue weighted by molar-refractivity contribution is 0.102. The Kier molecular flexibility index (Phi) is 9.31. The Hall–Kier alpha value is -5.59. The summed E-state index contributed by atoms with van der Waals surface area (Å²) in [6.45, 7) is 5.81. The smallest absolute Gasteiger partial charge is 0.274 e. The van der Waals surface area contributed by atoms with Crippen LogP contribution in [0.3, 0.4) is 0 Å². The van der Waals surface area contributed by atoms with Crippen molar-refractivity contribution in [1.29, 1.82) is 0 Å². The van der Waals surface area contributed by atoms with Crippen molar-refractivity contribution in [3.05, 3.63) is 103 Å². The maximum Gasteiger partial charge on any atom is 0.274 e. The van der Waals surface area contributed by atoms with Gasteiger partial charge in [0.15, 0.2) is 28.7 Å². The van der Waals surface area contributed by atoms with E-state index in [2.05, 4.69) is 37.2 Å². The lowest BCUT2D eigenvalue weighted by Gasteiger charge is -2.32. The van der Waals surface area contributed by atoms with Crippen molar-refractivity contribution in [3.63, 3.8) is 0 Å². The number of hydrogen-bond acceptors (Lipinski definition) is 9. The maximum atomic E-state index is 15.4. The topological polar surface area (TPSA) is 106 Å². The number of aromatic nitrogens is 4. The second kappa shape index (κ2) is 14.3. The van der Waals surface area contributed by atoms with Crippen LogP contribution in [0.1, 0.15) is 16.9 Å². The molecule has 0 bridgehead atoms. The van der Waals surface area contributed by atoms with E-state index in [0.717, 1.165) is 44.7 Å². The van der Waals surface area contributed by atoms with Gasteiger partial charge in [-0.1, -0.05) is 30.3 Å². The number of pyridine rings is 1. The molecule has 0 spiro atoms. The molecular formula is C37H36FN7O4. The summed E-state index contributed by atoms with van der Waals surface area (Å²) in [5.74, 6) is 0.354. The highest BCUT2D eigenvalue weighted by Gasteiger charge is 2.18. The van der Waals surface area contributed by atoms with E-state index in [1.165, 1.54) is 12.1 Å². The molecule has 1 fully saturated rings. The van der Waals surface area contributed by atoms with Gasteiger partial charge in [-0.2, -0.15) is 5.10 Å². The Morgan fingerprint density at radius 3 is 2.53 bits per heavy atom. The van der Waals surface area contributed by atoms with Crippen LogP contribution in [0.5, 0.6) is 23.0 Å². The van der Waals surface area contributed by atoms with E-state index in [0.29, 0.717) is 46.1 Å². The zero-order valence-corrected chi connectivity index (χ0v) is 27.3. The molecule has 250 valence electrons. The molecule has 0 radical (unpaired) electrons. The highest BCUT2D eigenvalue weighted by Crippen LogP contribution is 2.38. The predicted octanol–water partition coefficient (Wildman–Crippen LogP) is 6.15. The minimum Gasteiger partial charge on any atom is -0.493 e. The van der Waals surface area contributed by atoms with Crippen LogP contribution in [0.4, 0.5) is 10.1 Å². The van der Waals surface area contributed by atoms with Crippen molar-refractivity contribution >= 4 is 28.1 Å². The number of nitrogens with one attached hydrogen (secondary N) is 1. The zero-order chi connectivity index (χ0) is 33.7. The van der Waals surface area contributed by atoms with Crippen LogP contribution < -0.4 is 19.5 Å². The van der Waals surface area contributed by atoms with E-state index in [9.17, 15) is 4.79 Å². The third-order valence-electron chi connectivity index (χ3n) is 8.53. The average Bonchev–Trinajstić information content (AvgIpc) is 3.61. The van der Waals surface area contributed by atoms with Crippen molar-refractivity contribution in [1.82, 2.24) is 29.4 Å². The van der Waals surface area contributed by atoms with Crippen LogP contribution in [0.2, 0.25) is 0 Å². The fourth-order valence-corrected chi connectivity index (χ4v) is 5.85. The summed E-state index contributed by atoms with van der Waals surface area (Å²) in [6.07, 6.45) is 4.11. The third kappa shape index (κ3) is 7.15. The Labute approximate surface area is 282 Å². The van der Waals surface area contributed by atoms with Crippen LogP contribution in [0.25, 0.3) is 27.8 Å². The first-order valence-electron chi connectivity index (χ1n) is 16.1. The molecule has 0 unspecified atom stereocenters. The van der Waals surface area contributed by atoms with Crippen LogP contribution in [0.15, 0.2) is 91.3 Å². The maximum absolute atomic E-state index is 15.4. The van der Waals surface area contributed by atoms with Gasteiger partial charge in [0.25, 0.3) is 5.91 Å². The quantitative estimate of drug-likeness (QED) is 0.164. The van der Waals surface area contributed by atoms with Crippen LogP contribution in [-0.4, -0.2) is 88.8 Å². The first-order chi connectivity index (χ1) is 23.9. The number of piperazine rings is 1. The molecule has 6 aromatic rings. The summed E-state index contributed by atoms with van der Waals surface area (Å²) in [6, 6.07) is 22.5. The van der Waals surface area contributed by atoms with Crippen molar-refractivity contribution in [2.75, 3.05) is 58.8 Å². The molecular weight excluding hydrogens is 625 g/mol. The third-order valence-corrected chi connectivity index (χ3v) is 8.53. The summed E-state index contributed by atoms with van der Waals surface area (Å²) in [5.41, 5.74) is 3.14. The van der Waals surface area contributed by atoms with Gasteiger partial charge in [0.05, 0.1) is 31.1 Å². The second-order valence-electron chi connectivity index (χ2n) is 11.9.